The predicted molar refractivity (Wildman–Crippen MR) is 120 cm³/mol. The van der Waals surface area contributed by atoms with Crippen LogP contribution in [0.3, 0.4) is 0 Å². The first-order valence-electron chi connectivity index (χ1n) is 10.0. The average molecular weight is 402 g/mol. The number of hydrogen-bond donors (Lipinski definition) is 1. The van der Waals surface area contributed by atoms with E-state index in [9.17, 15) is 4.79 Å². The Balaban J connectivity index is 1.49. The Morgan fingerprint density at radius 1 is 0.933 bits per heavy atom. The third-order valence-corrected chi connectivity index (χ3v) is 4.38. The van der Waals surface area contributed by atoms with E-state index in [0.717, 1.165) is 28.9 Å². The molecule has 0 aliphatic carbocycles. The number of nitrogens with one attached hydrogen (secondary N) is 1. The molecule has 0 aliphatic heterocycles. The SMILES string of the molecule is CCCOc1ccc(/C=N/NC(=O)C(C)Oc2ccc(-c3ccccc3)cc2)cc1. The molecule has 1 atom stereocenters. The lowest BCUT2D eigenvalue weighted by molar-refractivity contribution is -0.127. The lowest BCUT2D eigenvalue weighted by Crippen LogP contribution is -2.33. The van der Waals surface area contributed by atoms with Gasteiger partial charge in [-0.05, 0) is 66.4 Å². The minimum Gasteiger partial charge on any atom is -0.494 e. The molecule has 3 aromatic rings. The summed E-state index contributed by atoms with van der Waals surface area (Å²) in [5, 5.41) is 4.00. The van der Waals surface area contributed by atoms with Crippen LogP contribution in [0.15, 0.2) is 84.0 Å². The smallest absolute Gasteiger partial charge is 0.280 e. The Morgan fingerprint density at radius 3 is 2.23 bits per heavy atom. The molecule has 0 aliphatic rings. The maximum Gasteiger partial charge on any atom is 0.280 e. The number of carbonyl (C=O) groups excluding carboxylic acids is 1. The highest BCUT2D eigenvalue weighted by molar-refractivity contribution is 5.84. The Kier molecular flexibility index (Phi) is 7.61. The van der Waals surface area contributed by atoms with Gasteiger partial charge in [0.25, 0.3) is 5.91 Å². The van der Waals surface area contributed by atoms with E-state index in [1.54, 1.807) is 13.1 Å². The molecule has 0 radical (unpaired) electrons. The summed E-state index contributed by atoms with van der Waals surface area (Å²) >= 11 is 0. The lowest BCUT2D eigenvalue weighted by atomic mass is 10.1. The maximum absolute atomic E-state index is 12.2. The Labute approximate surface area is 177 Å². The van der Waals surface area contributed by atoms with Crippen LogP contribution in [0.4, 0.5) is 0 Å². The minimum atomic E-state index is -0.672. The highest BCUT2D eigenvalue weighted by Crippen LogP contribution is 2.22. The van der Waals surface area contributed by atoms with E-state index in [0.29, 0.717) is 12.4 Å². The van der Waals surface area contributed by atoms with Gasteiger partial charge in [-0.1, -0.05) is 49.4 Å². The van der Waals surface area contributed by atoms with Crippen LogP contribution in [0, 0.1) is 0 Å². The molecule has 0 aromatic heterocycles. The van der Waals surface area contributed by atoms with Crippen LogP contribution >= 0.6 is 0 Å². The van der Waals surface area contributed by atoms with Crippen LogP contribution < -0.4 is 14.9 Å². The summed E-state index contributed by atoms with van der Waals surface area (Å²) in [7, 11) is 0. The molecule has 154 valence electrons. The van der Waals surface area contributed by atoms with Crippen LogP contribution in [0.25, 0.3) is 11.1 Å². The summed E-state index contributed by atoms with van der Waals surface area (Å²) in [5.74, 6) is 1.13. The first kappa shape index (κ1) is 21.1. The molecule has 5 nitrogen and oxygen atoms in total. The fraction of sp³-hybridized carbons (Fsp3) is 0.200. The van der Waals surface area contributed by atoms with E-state index >= 15 is 0 Å². The number of ether oxygens (including phenoxy) is 2. The van der Waals surface area contributed by atoms with Crippen molar-refractivity contribution < 1.29 is 14.3 Å². The van der Waals surface area contributed by atoms with Crippen molar-refractivity contribution in [3.05, 3.63) is 84.4 Å². The van der Waals surface area contributed by atoms with Gasteiger partial charge in [0.2, 0.25) is 0 Å². The normalized spacial score (nSPS) is 11.8. The number of hydrogen-bond acceptors (Lipinski definition) is 4. The molecule has 0 saturated carbocycles. The van der Waals surface area contributed by atoms with Gasteiger partial charge in [0.1, 0.15) is 11.5 Å². The number of carbonyl (C=O) groups is 1. The van der Waals surface area contributed by atoms with Crippen LogP contribution in [0.2, 0.25) is 0 Å². The van der Waals surface area contributed by atoms with Crippen LogP contribution in [-0.2, 0) is 4.79 Å². The molecule has 5 heteroatoms. The second kappa shape index (κ2) is 10.8. The molecule has 3 rings (SSSR count). The second-order valence-electron chi connectivity index (χ2n) is 6.80. The molecule has 1 unspecified atom stereocenters. The van der Waals surface area contributed by atoms with Gasteiger partial charge in [-0.25, -0.2) is 5.43 Å². The van der Waals surface area contributed by atoms with E-state index in [-0.39, 0.29) is 5.91 Å². The topological polar surface area (TPSA) is 59.9 Å². The molecular weight excluding hydrogens is 376 g/mol. The summed E-state index contributed by atoms with van der Waals surface area (Å²) in [6.45, 7) is 4.44. The van der Waals surface area contributed by atoms with Crippen molar-refractivity contribution in [2.75, 3.05) is 6.61 Å². The van der Waals surface area contributed by atoms with E-state index in [1.807, 2.05) is 66.7 Å². The number of hydrazone groups is 1. The van der Waals surface area contributed by atoms with Crippen molar-refractivity contribution >= 4 is 12.1 Å². The third-order valence-electron chi connectivity index (χ3n) is 4.38. The number of rotatable bonds is 9. The standard InChI is InChI=1S/C25H26N2O3/c1-3-17-29-23-13-9-20(10-14-23)18-26-27-25(28)19(2)30-24-15-11-22(12-16-24)21-7-5-4-6-8-21/h4-16,18-19H,3,17H2,1-2H3,(H,27,28)/b26-18+. The molecule has 3 aromatic carbocycles. The highest BCUT2D eigenvalue weighted by Gasteiger charge is 2.13. The molecule has 1 amide bonds. The zero-order valence-corrected chi connectivity index (χ0v) is 17.2. The zero-order valence-electron chi connectivity index (χ0n) is 17.2. The summed E-state index contributed by atoms with van der Waals surface area (Å²) in [4.78, 5) is 12.2. The van der Waals surface area contributed by atoms with E-state index in [2.05, 4.69) is 29.6 Å². The van der Waals surface area contributed by atoms with Crippen LogP contribution in [0.5, 0.6) is 11.5 Å². The zero-order chi connectivity index (χ0) is 21.2. The first-order valence-corrected chi connectivity index (χ1v) is 10.0. The third kappa shape index (κ3) is 6.21. The van der Waals surface area contributed by atoms with Crippen LogP contribution in [-0.4, -0.2) is 24.8 Å². The van der Waals surface area contributed by atoms with E-state index in [4.69, 9.17) is 9.47 Å². The highest BCUT2D eigenvalue weighted by atomic mass is 16.5. The van der Waals surface area contributed by atoms with Gasteiger partial charge in [-0.15, -0.1) is 0 Å². The van der Waals surface area contributed by atoms with Gasteiger partial charge in [0.15, 0.2) is 6.10 Å². The average Bonchev–Trinajstić information content (AvgIpc) is 2.79. The first-order chi connectivity index (χ1) is 14.7. The molecule has 0 bridgehead atoms. The monoisotopic (exact) mass is 402 g/mol. The van der Waals surface area contributed by atoms with Gasteiger partial charge in [0, 0.05) is 0 Å². The summed E-state index contributed by atoms with van der Waals surface area (Å²) in [5.41, 5.74) is 5.60. The van der Waals surface area contributed by atoms with Crippen LogP contribution in [0.1, 0.15) is 25.8 Å². The fourth-order valence-electron chi connectivity index (χ4n) is 2.75. The minimum absolute atomic E-state index is 0.318. The summed E-state index contributed by atoms with van der Waals surface area (Å²) in [6.07, 6.45) is 1.88. The number of benzene rings is 3. The van der Waals surface area contributed by atoms with Gasteiger partial charge in [-0.2, -0.15) is 5.10 Å². The molecular formula is C25H26N2O3. The number of amides is 1. The van der Waals surface area contributed by atoms with Crippen molar-refractivity contribution in [1.82, 2.24) is 5.43 Å². The quantitative estimate of drug-likeness (QED) is 0.402. The summed E-state index contributed by atoms with van der Waals surface area (Å²) in [6, 6.07) is 25.3. The van der Waals surface area contributed by atoms with E-state index < -0.39 is 6.10 Å². The summed E-state index contributed by atoms with van der Waals surface area (Å²) < 4.78 is 11.3. The Hall–Kier alpha value is -3.60. The van der Waals surface area contributed by atoms with Crippen molar-refractivity contribution in [2.45, 2.75) is 26.4 Å². The predicted octanol–water partition coefficient (Wildman–Crippen LogP) is 5.06. The van der Waals surface area contributed by atoms with Gasteiger partial charge in [-0.3, -0.25) is 4.79 Å². The molecule has 0 fully saturated rings. The van der Waals surface area contributed by atoms with Gasteiger partial charge < -0.3 is 9.47 Å². The van der Waals surface area contributed by atoms with Crippen molar-refractivity contribution in [1.29, 1.82) is 0 Å². The fourth-order valence-corrected chi connectivity index (χ4v) is 2.75. The van der Waals surface area contributed by atoms with Crippen molar-refractivity contribution in [3.8, 4) is 22.6 Å². The maximum atomic E-state index is 12.2. The second-order valence-corrected chi connectivity index (χ2v) is 6.80. The van der Waals surface area contributed by atoms with E-state index in [1.165, 1.54) is 0 Å². The largest absolute Gasteiger partial charge is 0.494 e. The lowest BCUT2D eigenvalue weighted by Gasteiger charge is -2.13. The molecule has 0 heterocycles. The van der Waals surface area contributed by atoms with Crippen molar-refractivity contribution in [2.24, 2.45) is 5.10 Å². The van der Waals surface area contributed by atoms with Gasteiger partial charge >= 0.3 is 0 Å². The van der Waals surface area contributed by atoms with Crippen molar-refractivity contribution in [3.63, 3.8) is 0 Å². The molecule has 0 spiro atoms. The molecule has 30 heavy (non-hydrogen) atoms. The Bertz CT molecular complexity index is 952. The number of nitrogens with zero attached hydrogens (tertiary/aromatic N) is 1. The van der Waals surface area contributed by atoms with Gasteiger partial charge in [0.05, 0.1) is 12.8 Å². The molecule has 1 N–H and O–H groups in total. The molecule has 0 saturated heterocycles. The Morgan fingerprint density at radius 2 is 1.57 bits per heavy atom.